The van der Waals surface area contributed by atoms with Gasteiger partial charge in [-0.25, -0.2) is 4.98 Å². The van der Waals surface area contributed by atoms with Crippen molar-refractivity contribution in [2.24, 2.45) is 0 Å². The molecule has 5 rings (SSSR count). The van der Waals surface area contributed by atoms with Crippen LogP contribution in [0.5, 0.6) is 0 Å². The number of rotatable bonds is 3. The molecule has 0 radical (unpaired) electrons. The molecule has 0 spiro atoms. The van der Waals surface area contributed by atoms with Crippen molar-refractivity contribution in [3.05, 3.63) is 65.7 Å². The van der Waals surface area contributed by atoms with E-state index in [4.69, 9.17) is 5.10 Å². The molecule has 0 fully saturated rings. The molecule has 7 heteroatoms. The Balaban J connectivity index is 1.55. The van der Waals surface area contributed by atoms with E-state index in [1.807, 2.05) is 29.0 Å². The SMILES string of the molecule is Cc1ccc(-c2nn3c(Cn4cnc5ccccc54)nnc3s2)cc1C. The average molecular weight is 360 g/mol. The molecule has 0 atom stereocenters. The Labute approximate surface area is 153 Å². The number of benzene rings is 2. The zero-order valence-corrected chi connectivity index (χ0v) is 15.2. The molecule has 5 aromatic rings. The molecular formula is C19H16N6S. The summed E-state index contributed by atoms with van der Waals surface area (Å²) < 4.78 is 3.91. The molecule has 6 nitrogen and oxygen atoms in total. The van der Waals surface area contributed by atoms with E-state index >= 15 is 0 Å². The molecule has 0 unspecified atom stereocenters. The maximum absolute atomic E-state index is 4.75. The minimum atomic E-state index is 0.581. The molecule has 3 aromatic heterocycles. The van der Waals surface area contributed by atoms with Gasteiger partial charge in [-0.15, -0.1) is 10.2 Å². The van der Waals surface area contributed by atoms with Crippen molar-refractivity contribution in [2.75, 3.05) is 0 Å². The summed E-state index contributed by atoms with van der Waals surface area (Å²) in [5, 5.41) is 14.3. The Bertz CT molecular complexity index is 1250. The van der Waals surface area contributed by atoms with Crippen molar-refractivity contribution >= 4 is 27.3 Å². The largest absolute Gasteiger partial charge is 0.323 e. The van der Waals surface area contributed by atoms with Crippen molar-refractivity contribution in [1.29, 1.82) is 0 Å². The molecular weight excluding hydrogens is 344 g/mol. The molecule has 128 valence electrons. The first-order valence-corrected chi connectivity index (χ1v) is 9.19. The third-order valence-electron chi connectivity index (χ3n) is 4.65. The second kappa shape index (κ2) is 5.74. The molecule has 0 aliphatic heterocycles. The van der Waals surface area contributed by atoms with Gasteiger partial charge in [-0.1, -0.05) is 35.6 Å². The van der Waals surface area contributed by atoms with E-state index in [0.717, 1.165) is 32.4 Å². The van der Waals surface area contributed by atoms with Gasteiger partial charge in [0.2, 0.25) is 4.96 Å². The number of fused-ring (bicyclic) bond motifs is 2. The van der Waals surface area contributed by atoms with Gasteiger partial charge in [0.05, 0.1) is 23.9 Å². The number of aromatic nitrogens is 6. The summed E-state index contributed by atoms with van der Waals surface area (Å²) in [5.74, 6) is 0.800. The van der Waals surface area contributed by atoms with E-state index in [9.17, 15) is 0 Å². The number of para-hydroxylation sites is 2. The van der Waals surface area contributed by atoms with Gasteiger partial charge in [0.1, 0.15) is 5.01 Å². The highest BCUT2D eigenvalue weighted by atomic mass is 32.1. The number of hydrogen-bond acceptors (Lipinski definition) is 5. The van der Waals surface area contributed by atoms with Crippen LogP contribution in [0.4, 0.5) is 0 Å². The normalized spacial score (nSPS) is 11.6. The molecule has 0 aliphatic rings. The van der Waals surface area contributed by atoms with E-state index in [1.165, 1.54) is 11.1 Å². The lowest BCUT2D eigenvalue weighted by Gasteiger charge is -2.02. The van der Waals surface area contributed by atoms with Crippen LogP contribution in [0.1, 0.15) is 17.0 Å². The fourth-order valence-electron chi connectivity index (χ4n) is 3.04. The lowest BCUT2D eigenvalue weighted by atomic mass is 10.1. The summed E-state index contributed by atoms with van der Waals surface area (Å²) in [5.41, 5.74) is 5.71. The molecule has 0 saturated heterocycles. The van der Waals surface area contributed by atoms with Crippen LogP contribution >= 0.6 is 11.3 Å². The Hall–Kier alpha value is -3.06. The minimum Gasteiger partial charge on any atom is -0.323 e. The van der Waals surface area contributed by atoms with Crippen molar-refractivity contribution in [2.45, 2.75) is 20.4 Å². The summed E-state index contributed by atoms with van der Waals surface area (Å²) in [7, 11) is 0. The fourth-order valence-corrected chi connectivity index (χ4v) is 3.89. The number of aryl methyl sites for hydroxylation is 2. The van der Waals surface area contributed by atoms with E-state index in [1.54, 1.807) is 11.3 Å². The molecule has 0 amide bonds. The highest BCUT2D eigenvalue weighted by Gasteiger charge is 2.14. The van der Waals surface area contributed by atoms with Crippen LogP contribution in [0.15, 0.2) is 48.8 Å². The van der Waals surface area contributed by atoms with Crippen LogP contribution in [-0.2, 0) is 6.54 Å². The zero-order valence-electron chi connectivity index (χ0n) is 14.4. The van der Waals surface area contributed by atoms with E-state index in [2.05, 4.69) is 57.9 Å². The van der Waals surface area contributed by atoms with E-state index < -0.39 is 0 Å². The zero-order chi connectivity index (χ0) is 17.7. The standard InChI is InChI=1S/C19H16N6S/c1-12-7-8-14(9-13(12)2)18-23-25-17(21-22-19(25)26-18)10-24-11-20-15-5-3-4-6-16(15)24/h3-9,11H,10H2,1-2H3. The first kappa shape index (κ1) is 15.2. The number of nitrogens with zero attached hydrogens (tertiary/aromatic N) is 6. The fraction of sp³-hybridized carbons (Fsp3) is 0.158. The topological polar surface area (TPSA) is 60.9 Å². The van der Waals surface area contributed by atoms with Crippen molar-refractivity contribution in [1.82, 2.24) is 29.4 Å². The average Bonchev–Trinajstić information content (AvgIpc) is 3.34. The summed E-state index contributed by atoms with van der Waals surface area (Å²) in [6, 6.07) is 14.5. The molecule has 26 heavy (non-hydrogen) atoms. The van der Waals surface area contributed by atoms with Gasteiger partial charge in [-0.3, -0.25) is 0 Å². The second-order valence-corrected chi connectivity index (χ2v) is 7.33. The van der Waals surface area contributed by atoms with Crippen molar-refractivity contribution in [3.8, 4) is 10.6 Å². The summed E-state index contributed by atoms with van der Waals surface area (Å²) in [6.45, 7) is 4.82. The van der Waals surface area contributed by atoms with Gasteiger partial charge >= 0.3 is 0 Å². The van der Waals surface area contributed by atoms with Crippen LogP contribution < -0.4 is 0 Å². The third kappa shape index (κ3) is 2.40. The predicted molar refractivity (Wildman–Crippen MR) is 102 cm³/mol. The molecule has 2 aromatic carbocycles. The van der Waals surface area contributed by atoms with E-state index in [0.29, 0.717) is 6.54 Å². The molecule has 0 saturated carbocycles. The molecule has 3 heterocycles. The van der Waals surface area contributed by atoms with Crippen molar-refractivity contribution < 1.29 is 0 Å². The van der Waals surface area contributed by atoms with Gasteiger partial charge in [0.15, 0.2) is 5.82 Å². The first-order valence-electron chi connectivity index (χ1n) is 8.38. The Kier molecular flexibility index (Phi) is 3.36. The maximum Gasteiger partial charge on any atom is 0.235 e. The van der Waals surface area contributed by atoms with Gasteiger partial charge in [0.25, 0.3) is 0 Å². The monoisotopic (exact) mass is 360 g/mol. The molecule has 0 bridgehead atoms. The van der Waals surface area contributed by atoms with Gasteiger partial charge < -0.3 is 4.57 Å². The van der Waals surface area contributed by atoms with Gasteiger partial charge in [-0.05, 0) is 43.2 Å². The highest BCUT2D eigenvalue weighted by molar-refractivity contribution is 7.19. The lowest BCUT2D eigenvalue weighted by Crippen LogP contribution is -2.04. The van der Waals surface area contributed by atoms with Gasteiger partial charge in [0, 0.05) is 5.56 Å². The Morgan fingerprint density at radius 1 is 1.00 bits per heavy atom. The van der Waals surface area contributed by atoms with E-state index in [-0.39, 0.29) is 0 Å². The van der Waals surface area contributed by atoms with Crippen LogP contribution in [0.3, 0.4) is 0 Å². The summed E-state index contributed by atoms with van der Waals surface area (Å²) in [4.78, 5) is 5.24. The Morgan fingerprint density at radius 2 is 1.88 bits per heavy atom. The van der Waals surface area contributed by atoms with Gasteiger partial charge in [-0.2, -0.15) is 9.61 Å². The smallest absolute Gasteiger partial charge is 0.235 e. The Morgan fingerprint density at radius 3 is 2.77 bits per heavy atom. The van der Waals surface area contributed by atoms with Crippen LogP contribution in [-0.4, -0.2) is 29.4 Å². The number of hydrogen-bond donors (Lipinski definition) is 0. The molecule has 0 aliphatic carbocycles. The van der Waals surface area contributed by atoms with Crippen LogP contribution in [0.25, 0.3) is 26.6 Å². The second-order valence-electron chi connectivity index (χ2n) is 6.38. The summed E-state index contributed by atoms with van der Waals surface area (Å²) >= 11 is 1.56. The number of imidazole rings is 1. The van der Waals surface area contributed by atoms with Crippen LogP contribution in [0.2, 0.25) is 0 Å². The highest BCUT2D eigenvalue weighted by Crippen LogP contribution is 2.27. The quantitative estimate of drug-likeness (QED) is 0.490. The lowest BCUT2D eigenvalue weighted by molar-refractivity contribution is 0.726. The van der Waals surface area contributed by atoms with Crippen LogP contribution in [0, 0.1) is 13.8 Å². The third-order valence-corrected chi connectivity index (χ3v) is 5.60. The first-order chi connectivity index (χ1) is 12.7. The molecule has 0 N–H and O–H groups in total. The minimum absolute atomic E-state index is 0.581. The predicted octanol–water partition coefficient (Wildman–Crippen LogP) is 3.87. The maximum atomic E-state index is 4.75. The van der Waals surface area contributed by atoms with Crippen molar-refractivity contribution in [3.63, 3.8) is 0 Å². The summed E-state index contributed by atoms with van der Waals surface area (Å²) in [6.07, 6.45) is 1.84.